The normalized spacial score (nSPS) is 19.2. The van der Waals surface area contributed by atoms with E-state index >= 15 is 0 Å². The third kappa shape index (κ3) is 4.27. The lowest BCUT2D eigenvalue weighted by Gasteiger charge is -2.21. The summed E-state index contributed by atoms with van der Waals surface area (Å²) in [5.41, 5.74) is 7.29. The van der Waals surface area contributed by atoms with Gasteiger partial charge in [0.25, 0.3) is 0 Å². The van der Waals surface area contributed by atoms with E-state index in [4.69, 9.17) is 5.73 Å². The van der Waals surface area contributed by atoms with E-state index in [1.165, 1.54) is 29.6 Å². The Hall–Kier alpha value is -2.18. The van der Waals surface area contributed by atoms with Crippen molar-refractivity contribution in [1.82, 2.24) is 19.8 Å². The van der Waals surface area contributed by atoms with Gasteiger partial charge in [-0.25, -0.2) is 4.79 Å². The van der Waals surface area contributed by atoms with E-state index in [-0.39, 0.29) is 11.5 Å². The number of aromatic nitrogens is 2. The molecule has 1 unspecified atom stereocenters. The number of likely N-dealkylation sites (tertiary alicyclic amines) is 1. The first-order chi connectivity index (χ1) is 12.1. The summed E-state index contributed by atoms with van der Waals surface area (Å²) in [6, 6.07) is 9.78. The molecule has 134 valence electrons. The molecule has 1 aromatic carbocycles. The zero-order valence-corrected chi connectivity index (χ0v) is 15.0. The van der Waals surface area contributed by atoms with E-state index in [0.29, 0.717) is 5.92 Å². The molecule has 3 N–H and O–H groups in total. The first-order valence-corrected chi connectivity index (χ1v) is 8.89. The summed E-state index contributed by atoms with van der Waals surface area (Å²) >= 11 is 0. The summed E-state index contributed by atoms with van der Waals surface area (Å²) in [5.74, 6) is 1.47. The van der Waals surface area contributed by atoms with Crippen molar-refractivity contribution in [3.8, 4) is 5.69 Å². The van der Waals surface area contributed by atoms with Gasteiger partial charge >= 0.3 is 5.69 Å². The van der Waals surface area contributed by atoms with Crippen LogP contribution in [0.2, 0.25) is 0 Å². The molecule has 0 radical (unpaired) electrons. The molecule has 2 atom stereocenters. The Morgan fingerprint density at radius 3 is 2.76 bits per heavy atom. The van der Waals surface area contributed by atoms with E-state index in [9.17, 15) is 4.79 Å². The summed E-state index contributed by atoms with van der Waals surface area (Å²) in [6.45, 7) is 6.79. The smallest absolute Gasteiger partial charge is 0.354 e. The number of hydrogen-bond donors (Lipinski definition) is 2. The predicted molar refractivity (Wildman–Crippen MR) is 101 cm³/mol. The third-order valence-corrected chi connectivity index (χ3v) is 4.96. The number of nitrogens with zero attached hydrogens (tertiary/aromatic N) is 3. The van der Waals surface area contributed by atoms with Crippen molar-refractivity contribution >= 4 is 5.82 Å². The second-order valence-corrected chi connectivity index (χ2v) is 6.97. The van der Waals surface area contributed by atoms with Crippen LogP contribution in [0.3, 0.4) is 0 Å². The van der Waals surface area contributed by atoms with E-state index in [1.54, 1.807) is 12.3 Å². The van der Waals surface area contributed by atoms with Gasteiger partial charge in [0.05, 0.1) is 5.69 Å². The highest BCUT2D eigenvalue weighted by molar-refractivity contribution is 5.37. The zero-order chi connectivity index (χ0) is 17.8. The summed E-state index contributed by atoms with van der Waals surface area (Å²) in [4.78, 5) is 18.3. The molecule has 0 saturated carbocycles. The fourth-order valence-corrected chi connectivity index (χ4v) is 3.60. The van der Waals surface area contributed by atoms with Crippen molar-refractivity contribution < 1.29 is 0 Å². The maximum atomic E-state index is 11.9. The average Bonchev–Trinajstić information content (AvgIpc) is 3.02. The van der Waals surface area contributed by atoms with Gasteiger partial charge in [-0.2, -0.15) is 4.98 Å². The Morgan fingerprint density at radius 2 is 2.08 bits per heavy atom. The Morgan fingerprint density at radius 1 is 1.32 bits per heavy atom. The molecule has 25 heavy (non-hydrogen) atoms. The maximum absolute atomic E-state index is 11.9. The third-order valence-electron chi connectivity index (χ3n) is 4.96. The van der Waals surface area contributed by atoms with E-state index in [1.807, 2.05) is 19.2 Å². The fourth-order valence-electron chi connectivity index (χ4n) is 3.60. The standard InChI is InChI=1S/C19H27N5O/c1-14(12-23-9-7-15(13-23)11-21-2)16-3-5-17(6-4-16)24-10-8-18(20)22-19(24)25/h3-6,8,10,14-15,21H,7,9,11-13H2,1-2H3,(H2,20,22,25)/t14?,15-/m0/s1. The van der Waals surface area contributed by atoms with E-state index < -0.39 is 0 Å². The van der Waals surface area contributed by atoms with Crippen molar-refractivity contribution in [3.05, 3.63) is 52.6 Å². The van der Waals surface area contributed by atoms with Gasteiger partial charge in [-0.15, -0.1) is 0 Å². The number of benzene rings is 1. The molecule has 6 nitrogen and oxygen atoms in total. The van der Waals surface area contributed by atoms with Crippen molar-refractivity contribution in [2.75, 3.05) is 39.0 Å². The lowest BCUT2D eigenvalue weighted by atomic mass is 10.0. The monoisotopic (exact) mass is 341 g/mol. The second kappa shape index (κ2) is 7.80. The highest BCUT2D eigenvalue weighted by Crippen LogP contribution is 2.22. The molecule has 1 aliphatic rings. The predicted octanol–water partition coefficient (Wildman–Crippen LogP) is 1.46. The number of nitrogens with one attached hydrogen (secondary N) is 1. The van der Waals surface area contributed by atoms with Crippen molar-refractivity contribution in [3.63, 3.8) is 0 Å². The fraction of sp³-hybridized carbons (Fsp3) is 0.474. The van der Waals surface area contributed by atoms with Crippen LogP contribution >= 0.6 is 0 Å². The van der Waals surface area contributed by atoms with Crippen LogP contribution in [0, 0.1) is 5.92 Å². The Kier molecular flexibility index (Phi) is 5.50. The number of hydrogen-bond acceptors (Lipinski definition) is 5. The van der Waals surface area contributed by atoms with Gasteiger partial charge in [-0.1, -0.05) is 19.1 Å². The summed E-state index contributed by atoms with van der Waals surface area (Å²) in [6.07, 6.45) is 2.94. The molecule has 2 aromatic rings. The molecule has 1 aromatic heterocycles. The minimum absolute atomic E-state index is 0.244. The van der Waals surface area contributed by atoms with Gasteiger partial charge in [0.2, 0.25) is 0 Å². The van der Waals surface area contributed by atoms with Gasteiger partial charge in [-0.05, 0) is 62.2 Å². The summed E-state index contributed by atoms with van der Waals surface area (Å²) < 4.78 is 1.51. The molecule has 0 aliphatic carbocycles. The SMILES string of the molecule is CNC[C@@H]1CCN(CC(C)c2ccc(-n3ccc(N)nc3=O)cc2)C1. The van der Waals surface area contributed by atoms with Crippen LogP contribution in [0.4, 0.5) is 5.82 Å². The largest absolute Gasteiger partial charge is 0.383 e. The van der Waals surface area contributed by atoms with Crippen LogP contribution in [-0.2, 0) is 0 Å². The Labute approximate surface area is 148 Å². The molecule has 3 rings (SSSR count). The summed E-state index contributed by atoms with van der Waals surface area (Å²) in [5, 5.41) is 3.28. The van der Waals surface area contributed by atoms with Crippen LogP contribution in [0.15, 0.2) is 41.3 Å². The summed E-state index contributed by atoms with van der Waals surface area (Å²) in [7, 11) is 2.02. The molecule has 6 heteroatoms. The van der Waals surface area contributed by atoms with Crippen LogP contribution in [0.1, 0.15) is 24.8 Å². The number of nitrogens with two attached hydrogens (primary N) is 1. The molecule has 0 amide bonds. The molecule has 1 fully saturated rings. The second-order valence-electron chi connectivity index (χ2n) is 6.97. The van der Waals surface area contributed by atoms with Crippen molar-refractivity contribution in [2.45, 2.75) is 19.3 Å². The van der Waals surface area contributed by atoms with Gasteiger partial charge in [0.1, 0.15) is 5.82 Å². The van der Waals surface area contributed by atoms with E-state index in [0.717, 1.165) is 24.7 Å². The molecule has 0 bridgehead atoms. The van der Waals surface area contributed by atoms with Gasteiger partial charge in [0, 0.05) is 19.3 Å². The molecule has 2 heterocycles. The van der Waals surface area contributed by atoms with Crippen molar-refractivity contribution in [1.29, 1.82) is 0 Å². The van der Waals surface area contributed by atoms with Crippen LogP contribution in [0.5, 0.6) is 0 Å². The molecule has 1 saturated heterocycles. The van der Waals surface area contributed by atoms with Gasteiger partial charge in [-0.3, -0.25) is 4.57 Å². The van der Waals surface area contributed by atoms with Gasteiger partial charge < -0.3 is 16.0 Å². The Balaban J connectivity index is 1.65. The Bertz CT molecular complexity index is 755. The first-order valence-electron chi connectivity index (χ1n) is 8.89. The van der Waals surface area contributed by atoms with Gasteiger partial charge in [0.15, 0.2) is 0 Å². The highest BCUT2D eigenvalue weighted by Gasteiger charge is 2.23. The number of rotatable bonds is 6. The molecular weight excluding hydrogens is 314 g/mol. The van der Waals surface area contributed by atoms with Crippen LogP contribution in [0.25, 0.3) is 5.69 Å². The van der Waals surface area contributed by atoms with E-state index in [2.05, 4.69) is 34.3 Å². The van der Waals surface area contributed by atoms with Crippen molar-refractivity contribution in [2.24, 2.45) is 5.92 Å². The minimum Gasteiger partial charge on any atom is -0.383 e. The quantitative estimate of drug-likeness (QED) is 0.832. The topological polar surface area (TPSA) is 76.2 Å². The molecule has 0 spiro atoms. The first kappa shape index (κ1) is 17.6. The maximum Gasteiger partial charge on any atom is 0.354 e. The molecule has 1 aliphatic heterocycles. The highest BCUT2D eigenvalue weighted by atomic mass is 16.1. The lowest BCUT2D eigenvalue weighted by Crippen LogP contribution is -2.27. The lowest BCUT2D eigenvalue weighted by molar-refractivity contribution is 0.307. The number of nitrogen functional groups attached to an aromatic ring is 1. The minimum atomic E-state index is -0.353. The average molecular weight is 341 g/mol. The zero-order valence-electron chi connectivity index (χ0n) is 15.0. The molecular formula is C19H27N5O. The van der Waals surface area contributed by atoms with Crippen LogP contribution in [-0.4, -0.2) is 47.7 Å². The van der Waals surface area contributed by atoms with Crippen LogP contribution < -0.4 is 16.7 Å². The number of anilines is 1.